The van der Waals surface area contributed by atoms with Crippen LogP contribution < -0.4 is 26.0 Å². The van der Waals surface area contributed by atoms with Crippen molar-refractivity contribution < 1.29 is 27.5 Å². The van der Waals surface area contributed by atoms with E-state index in [-0.39, 0.29) is 29.7 Å². The van der Waals surface area contributed by atoms with Crippen LogP contribution in [-0.4, -0.2) is 47.6 Å². The summed E-state index contributed by atoms with van der Waals surface area (Å²) in [6.07, 6.45) is -5.22. The van der Waals surface area contributed by atoms with Crippen molar-refractivity contribution >= 4 is 34.2 Å². The van der Waals surface area contributed by atoms with Crippen LogP contribution in [0.3, 0.4) is 0 Å². The number of aryl methyl sites for hydroxylation is 1. The van der Waals surface area contributed by atoms with Crippen molar-refractivity contribution in [2.24, 2.45) is 5.73 Å². The molecular formula is C31H34F3N5O4. The number of benzene rings is 3. The third kappa shape index (κ3) is 7.37. The molecule has 3 aromatic carbocycles. The van der Waals surface area contributed by atoms with Crippen LogP contribution in [0.1, 0.15) is 31.4 Å². The van der Waals surface area contributed by atoms with Gasteiger partial charge in [-0.25, -0.2) is 4.79 Å². The Morgan fingerprint density at radius 3 is 2.21 bits per heavy atom. The highest BCUT2D eigenvalue weighted by atomic mass is 19.4. The Balaban J connectivity index is 1.68. The lowest BCUT2D eigenvalue weighted by atomic mass is 10.0. The largest absolute Gasteiger partial charge is 0.494 e. The number of nitrogens with zero attached hydrogens (tertiary/aromatic N) is 3. The molecule has 0 saturated heterocycles. The first-order valence-electron chi connectivity index (χ1n) is 14.0. The second-order valence-corrected chi connectivity index (χ2v) is 9.89. The van der Waals surface area contributed by atoms with E-state index in [1.54, 1.807) is 36.4 Å². The first-order chi connectivity index (χ1) is 20.5. The number of amides is 2. The van der Waals surface area contributed by atoms with Crippen LogP contribution in [0.15, 0.2) is 71.5 Å². The smallest absolute Gasteiger partial charge is 0.416 e. The molecule has 2 amide bonds. The monoisotopic (exact) mass is 597 g/mol. The van der Waals surface area contributed by atoms with E-state index in [2.05, 4.69) is 9.88 Å². The van der Waals surface area contributed by atoms with Crippen molar-refractivity contribution in [2.45, 2.75) is 39.4 Å². The number of rotatable bonds is 13. The predicted molar refractivity (Wildman–Crippen MR) is 159 cm³/mol. The number of nitrogens with two attached hydrogens (primary N) is 1. The molecule has 0 fully saturated rings. The zero-order valence-electron chi connectivity index (χ0n) is 24.0. The molecule has 0 unspecified atom stereocenters. The van der Waals surface area contributed by atoms with Gasteiger partial charge < -0.3 is 25.3 Å². The topological polar surface area (TPSA) is 114 Å². The number of fused-ring (bicyclic) bond motifs is 1. The minimum absolute atomic E-state index is 0.0243. The summed E-state index contributed by atoms with van der Waals surface area (Å²) in [5.41, 5.74) is 4.74. The second-order valence-electron chi connectivity index (χ2n) is 9.89. The molecule has 0 radical (unpaired) electrons. The van der Waals surface area contributed by atoms with Crippen LogP contribution in [-0.2, 0) is 28.7 Å². The van der Waals surface area contributed by atoms with Crippen LogP contribution in [0.4, 0.5) is 24.5 Å². The molecule has 0 aliphatic rings. The Bertz CT molecular complexity index is 1610. The molecule has 12 heteroatoms. The zero-order chi connectivity index (χ0) is 31.1. The van der Waals surface area contributed by atoms with E-state index in [1.807, 2.05) is 32.0 Å². The number of aromatic amines is 1. The minimum atomic E-state index is -4.81. The third-order valence-electron chi connectivity index (χ3n) is 7.12. The van der Waals surface area contributed by atoms with E-state index in [1.165, 1.54) is 10.6 Å². The molecule has 0 saturated carbocycles. The van der Waals surface area contributed by atoms with Gasteiger partial charge in [-0.3, -0.25) is 14.2 Å². The number of anilines is 2. The highest BCUT2D eigenvalue weighted by Crippen LogP contribution is 2.36. The average Bonchev–Trinajstić information content (AvgIpc) is 3.30. The summed E-state index contributed by atoms with van der Waals surface area (Å²) in [5.74, 6) is -0.980. The summed E-state index contributed by atoms with van der Waals surface area (Å²) in [5, 5.41) is 0. The highest BCUT2D eigenvalue weighted by molar-refractivity contribution is 6.01. The quantitative estimate of drug-likeness (QED) is 0.217. The van der Waals surface area contributed by atoms with Gasteiger partial charge >= 0.3 is 11.9 Å². The summed E-state index contributed by atoms with van der Waals surface area (Å²) in [6, 6.07) is 17.8. The predicted octanol–water partition coefficient (Wildman–Crippen LogP) is 4.72. The van der Waals surface area contributed by atoms with Gasteiger partial charge in [-0.2, -0.15) is 13.2 Å². The van der Waals surface area contributed by atoms with Gasteiger partial charge in [-0.05, 0) is 74.4 Å². The molecular weight excluding hydrogens is 563 g/mol. The van der Waals surface area contributed by atoms with Crippen LogP contribution in [0, 0.1) is 0 Å². The van der Waals surface area contributed by atoms with Gasteiger partial charge in [0.15, 0.2) is 0 Å². The molecule has 0 aliphatic carbocycles. The van der Waals surface area contributed by atoms with Gasteiger partial charge in [0.05, 0.1) is 29.6 Å². The van der Waals surface area contributed by atoms with E-state index < -0.39 is 42.2 Å². The second kappa shape index (κ2) is 13.5. The van der Waals surface area contributed by atoms with Crippen molar-refractivity contribution in [1.82, 2.24) is 9.55 Å². The fraction of sp³-hybridized carbons (Fsp3) is 0.323. The minimum Gasteiger partial charge on any atom is -0.494 e. The van der Waals surface area contributed by atoms with Crippen LogP contribution in [0.5, 0.6) is 5.75 Å². The highest BCUT2D eigenvalue weighted by Gasteiger charge is 2.36. The van der Waals surface area contributed by atoms with E-state index in [9.17, 15) is 27.6 Å². The lowest BCUT2D eigenvalue weighted by Crippen LogP contribution is -2.39. The summed E-state index contributed by atoms with van der Waals surface area (Å²) >= 11 is 0. The van der Waals surface area contributed by atoms with Crippen molar-refractivity contribution in [1.29, 1.82) is 0 Å². The standard InChI is InChI=1S/C31H34F3N5O4/c1-3-37(4-2)21-11-13-22(14-12-21)39(20-27(35)40)28(41)19-24-25(31(32,33)34)15-16-26-29(24)38(30(42)36-26)17-8-18-43-23-9-6-5-7-10-23/h5-7,9-16H,3-4,8,17-20H2,1-2H3,(H2,35,40)(H,36,42). The molecule has 43 heavy (non-hydrogen) atoms. The van der Waals surface area contributed by atoms with Gasteiger partial charge in [-0.15, -0.1) is 0 Å². The van der Waals surface area contributed by atoms with E-state index >= 15 is 0 Å². The summed E-state index contributed by atoms with van der Waals surface area (Å²) in [4.78, 5) is 44.2. The number of nitrogens with one attached hydrogen (secondary N) is 1. The lowest BCUT2D eigenvalue weighted by Gasteiger charge is -2.25. The Kier molecular flexibility index (Phi) is 9.79. The van der Waals surface area contributed by atoms with Crippen molar-refractivity contribution in [3.8, 4) is 5.75 Å². The van der Waals surface area contributed by atoms with Crippen LogP contribution in [0.25, 0.3) is 11.0 Å². The number of halogens is 3. The molecule has 0 aliphatic heterocycles. The summed E-state index contributed by atoms with van der Waals surface area (Å²) in [7, 11) is 0. The van der Waals surface area contributed by atoms with Crippen molar-refractivity contribution in [3.63, 3.8) is 0 Å². The molecule has 1 heterocycles. The Labute approximate surface area is 246 Å². The molecule has 0 bridgehead atoms. The fourth-order valence-electron chi connectivity index (χ4n) is 5.08. The number of primary amides is 1. The maximum absolute atomic E-state index is 14.3. The normalized spacial score (nSPS) is 11.5. The molecule has 4 aromatic rings. The number of hydrogen-bond donors (Lipinski definition) is 2. The number of imidazole rings is 1. The fourth-order valence-corrected chi connectivity index (χ4v) is 5.08. The molecule has 0 spiro atoms. The number of alkyl halides is 3. The molecule has 1 aromatic heterocycles. The number of aromatic nitrogens is 2. The van der Waals surface area contributed by atoms with E-state index in [0.29, 0.717) is 17.9 Å². The third-order valence-corrected chi connectivity index (χ3v) is 7.12. The zero-order valence-corrected chi connectivity index (χ0v) is 24.0. The SMILES string of the molecule is CCN(CC)c1ccc(N(CC(N)=O)C(=O)Cc2c(C(F)(F)F)ccc3[nH]c(=O)n(CCCOc4ccccc4)c23)cc1. The Morgan fingerprint density at radius 1 is 0.953 bits per heavy atom. The average molecular weight is 598 g/mol. The summed E-state index contributed by atoms with van der Waals surface area (Å²) < 4.78 is 49.6. The van der Waals surface area contributed by atoms with Crippen molar-refractivity contribution in [3.05, 3.63) is 88.3 Å². The number of ether oxygens (including phenoxy) is 1. The van der Waals surface area contributed by atoms with E-state index in [4.69, 9.17) is 10.5 Å². The first-order valence-corrected chi connectivity index (χ1v) is 14.0. The molecule has 9 nitrogen and oxygen atoms in total. The molecule has 3 N–H and O–H groups in total. The van der Waals surface area contributed by atoms with Gasteiger partial charge in [0.1, 0.15) is 12.3 Å². The summed E-state index contributed by atoms with van der Waals surface area (Å²) in [6.45, 7) is 5.23. The van der Waals surface area contributed by atoms with Gasteiger partial charge in [0, 0.05) is 31.0 Å². The molecule has 228 valence electrons. The van der Waals surface area contributed by atoms with Crippen LogP contribution in [0.2, 0.25) is 0 Å². The Morgan fingerprint density at radius 2 is 1.60 bits per heavy atom. The van der Waals surface area contributed by atoms with Crippen LogP contribution >= 0.6 is 0 Å². The molecule has 4 rings (SSSR count). The molecule has 0 atom stereocenters. The number of para-hydroxylation sites is 1. The number of carbonyl (C=O) groups excluding carboxylic acids is 2. The van der Waals surface area contributed by atoms with Gasteiger partial charge in [0.25, 0.3) is 0 Å². The number of H-pyrrole nitrogens is 1. The maximum Gasteiger partial charge on any atom is 0.416 e. The van der Waals surface area contributed by atoms with Crippen molar-refractivity contribution in [2.75, 3.05) is 36.0 Å². The van der Waals surface area contributed by atoms with E-state index in [0.717, 1.165) is 29.7 Å². The lowest BCUT2D eigenvalue weighted by molar-refractivity contribution is -0.138. The first kappa shape index (κ1) is 31.2. The maximum atomic E-state index is 14.3. The number of hydrogen-bond acceptors (Lipinski definition) is 5. The van der Waals surface area contributed by atoms with Gasteiger partial charge in [0.2, 0.25) is 11.8 Å². The Hall–Kier alpha value is -4.74. The number of carbonyl (C=O) groups is 2. The van der Waals surface area contributed by atoms with Gasteiger partial charge in [-0.1, -0.05) is 18.2 Å².